The number of hydrogen-bond donors (Lipinski definition) is 1. The molecule has 132 valence electrons. The summed E-state index contributed by atoms with van der Waals surface area (Å²) in [5.41, 5.74) is 0.0935. The fraction of sp³-hybridized carbons (Fsp3) is 0.389. The van der Waals surface area contributed by atoms with Gasteiger partial charge in [0.1, 0.15) is 21.8 Å². The number of esters is 1. The number of hydrogen-bond acceptors (Lipinski definition) is 6. The maximum atomic E-state index is 12.5. The van der Waals surface area contributed by atoms with E-state index >= 15 is 0 Å². The maximum absolute atomic E-state index is 12.5. The van der Waals surface area contributed by atoms with Crippen LogP contribution in [-0.2, 0) is 14.3 Å². The molecule has 0 bridgehead atoms. The standard InChI is InChI=1S/C18H20N2O4S/c1-10(21)13(17(23)24-18(2,3)4)20-15(22)12-16(20)25-14(19-12)11-8-6-5-7-9-11/h5-9,12,16,21H,1-4H3. The van der Waals surface area contributed by atoms with Crippen molar-refractivity contribution in [1.82, 2.24) is 4.90 Å². The van der Waals surface area contributed by atoms with Crippen LogP contribution in [0.5, 0.6) is 0 Å². The molecule has 0 spiro atoms. The molecule has 25 heavy (non-hydrogen) atoms. The third kappa shape index (κ3) is 3.28. The minimum absolute atomic E-state index is 0.113. The molecular weight excluding hydrogens is 340 g/mol. The quantitative estimate of drug-likeness (QED) is 0.388. The molecule has 2 aliphatic heterocycles. The van der Waals surface area contributed by atoms with Crippen LogP contribution in [0.2, 0.25) is 0 Å². The highest BCUT2D eigenvalue weighted by Gasteiger charge is 2.55. The second-order valence-electron chi connectivity index (χ2n) is 6.90. The SMILES string of the molecule is CC(O)=C(C(=O)OC(C)(C)C)N1C(=O)C2N=C(c3ccccc3)SC21. The van der Waals surface area contributed by atoms with Crippen molar-refractivity contribution >= 4 is 28.7 Å². The number of nitrogens with zero attached hydrogens (tertiary/aromatic N) is 2. The van der Waals surface area contributed by atoms with Crippen molar-refractivity contribution < 1.29 is 19.4 Å². The summed E-state index contributed by atoms with van der Waals surface area (Å²) in [6.45, 7) is 6.57. The second kappa shape index (κ2) is 6.22. The Bertz CT molecular complexity index is 776. The van der Waals surface area contributed by atoms with E-state index in [4.69, 9.17) is 4.74 Å². The average Bonchev–Trinajstić information content (AvgIpc) is 2.91. The third-order valence-corrected chi connectivity index (χ3v) is 4.97. The van der Waals surface area contributed by atoms with Gasteiger partial charge in [-0.05, 0) is 27.7 Å². The number of ether oxygens (including phenoxy) is 1. The molecule has 2 atom stereocenters. The van der Waals surface area contributed by atoms with E-state index in [1.165, 1.54) is 23.6 Å². The van der Waals surface area contributed by atoms with Crippen LogP contribution >= 0.6 is 11.8 Å². The molecule has 7 heteroatoms. The molecule has 0 aromatic heterocycles. The number of carbonyl (C=O) groups is 2. The zero-order valence-electron chi connectivity index (χ0n) is 14.5. The lowest BCUT2D eigenvalue weighted by Gasteiger charge is -2.41. The highest BCUT2D eigenvalue weighted by Crippen LogP contribution is 2.43. The molecule has 6 nitrogen and oxygen atoms in total. The fourth-order valence-electron chi connectivity index (χ4n) is 2.66. The van der Waals surface area contributed by atoms with Crippen molar-refractivity contribution in [3.8, 4) is 0 Å². The van der Waals surface area contributed by atoms with Gasteiger partial charge < -0.3 is 9.84 Å². The number of amides is 1. The van der Waals surface area contributed by atoms with Crippen LogP contribution in [0.1, 0.15) is 33.3 Å². The molecule has 2 unspecified atom stereocenters. The zero-order valence-corrected chi connectivity index (χ0v) is 15.3. The first-order valence-corrected chi connectivity index (χ1v) is 8.83. The maximum Gasteiger partial charge on any atom is 0.359 e. The van der Waals surface area contributed by atoms with E-state index in [0.717, 1.165) is 10.6 Å². The number of rotatable bonds is 3. The Morgan fingerprint density at radius 3 is 2.48 bits per heavy atom. The van der Waals surface area contributed by atoms with E-state index in [2.05, 4.69) is 4.99 Å². The number of aliphatic hydroxyl groups excluding tert-OH is 1. The lowest BCUT2D eigenvalue weighted by atomic mass is 10.1. The van der Waals surface area contributed by atoms with Gasteiger partial charge in [-0.3, -0.25) is 14.7 Å². The number of fused-ring (bicyclic) bond motifs is 1. The summed E-state index contributed by atoms with van der Waals surface area (Å²) in [5, 5.41) is 10.4. The summed E-state index contributed by atoms with van der Waals surface area (Å²) in [6, 6.07) is 9.04. The van der Waals surface area contributed by atoms with Crippen molar-refractivity contribution in [3.63, 3.8) is 0 Å². The molecule has 3 rings (SSSR count). The predicted molar refractivity (Wildman–Crippen MR) is 96.2 cm³/mol. The number of thioether (sulfide) groups is 1. The Hall–Kier alpha value is -2.28. The van der Waals surface area contributed by atoms with Crippen molar-refractivity contribution in [2.24, 2.45) is 4.99 Å². The van der Waals surface area contributed by atoms with Crippen molar-refractivity contribution in [1.29, 1.82) is 0 Å². The number of aliphatic imine (C=N–C) groups is 1. The second-order valence-corrected chi connectivity index (χ2v) is 8.00. The van der Waals surface area contributed by atoms with E-state index in [1.807, 2.05) is 30.3 Å². The van der Waals surface area contributed by atoms with Gasteiger partial charge in [0.05, 0.1) is 0 Å². The first kappa shape index (κ1) is 17.5. The Balaban J connectivity index is 1.83. The number of aliphatic hydroxyl groups is 1. The number of β-lactam (4-membered cyclic amide) rings is 1. The van der Waals surface area contributed by atoms with Gasteiger partial charge in [-0.2, -0.15) is 0 Å². The van der Waals surface area contributed by atoms with Crippen molar-refractivity contribution in [3.05, 3.63) is 47.4 Å². The monoisotopic (exact) mass is 360 g/mol. The van der Waals surface area contributed by atoms with E-state index in [1.54, 1.807) is 20.8 Å². The van der Waals surface area contributed by atoms with E-state index in [9.17, 15) is 14.7 Å². The van der Waals surface area contributed by atoms with Gasteiger partial charge in [-0.25, -0.2) is 4.79 Å². The van der Waals surface area contributed by atoms with Crippen LogP contribution in [0.25, 0.3) is 0 Å². The molecule has 0 saturated carbocycles. The molecular formula is C18H20N2O4S. The number of carbonyl (C=O) groups excluding carboxylic acids is 2. The molecule has 1 N–H and O–H groups in total. The Morgan fingerprint density at radius 2 is 1.92 bits per heavy atom. The summed E-state index contributed by atoms with van der Waals surface area (Å²) in [4.78, 5) is 30.7. The largest absolute Gasteiger partial charge is 0.510 e. The van der Waals surface area contributed by atoms with Crippen LogP contribution in [-0.4, -0.2) is 43.9 Å². The summed E-state index contributed by atoms with van der Waals surface area (Å²) in [7, 11) is 0. The number of benzene rings is 1. The van der Waals surface area contributed by atoms with Gasteiger partial charge in [0, 0.05) is 5.56 Å². The molecule has 2 heterocycles. The summed E-state index contributed by atoms with van der Waals surface area (Å²) < 4.78 is 5.33. The van der Waals surface area contributed by atoms with Gasteiger partial charge in [0.25, 0.3) is 5.91 Å². The first-order valence-electron chi connectivity index (χ1n) is 7.95. The number of likely N-dealkylation sites (tertiary alicyclic amines) is 1. The summed E-state index contributed by atoms with van der Waals surface area (Å²) >= 11 is 1.41. The highest BCUT2D eigenvalue weighted by molar-refractivity contribution is 8.15. The smallest absolute Gasteiger partial charge is 0.359 e. The minimum atomic E-state index is -0.723. The lowest BCUT2D eigenvalue weighted by molar-refractivity contribution is -0.158. The molecule has 1 amide bonds. The molecule has 1 saturated heterocycles. The molecule has 1 fully saturated rings. The Labute approximate surface area is 150 Å². The fourth-order valence-corrected chi connectivity index (χ4v) is 3.96. The topological polar surface area (TPSA) is 79.2 Å². The van der Waals surface area contributed by atoms with E-state index in [0.29, 0.717) is 0 Å². The molecule has 0 radical (unpaired) electrons. The Kier molecular flexibility index (Phi) is 4.36. The van der Waals surface area contributed by atoms with Crippen molar-refractivity contribution in [2.45, 2.75) is 44.7 Å². The number of allylic oxidation sites excluding steroid dienone is 1. The predicted octanol–water partition coefficient (Wildman–Crippen LogP) is 2.85. The van der Waals surface area contributed by atoms with Gasteiger partial charge in [0.2, 0.25) is 0 Å². The van der Waals surface area contributed by atoms with E-state index < -0.39 is 17.6 Å². The zero-order chi connectivity index (χ0) is 18.4. The van der Waals surface area contributed by atoms with Crippen LogP contribution in [0, 0.1) is 0 Å². The van der Waals surface area contributed by atoms with Crippen LogP contribution in [0.15, 0.2) is 46.8 Å². The van der Waals surface area contributed by atoms with Crippen LogP contribution in [0.4, 0.5) is 0 Å². The average molecular weight is 360 g/mol. The minimum Gasteiger partial charge on any atom is -0.510 e. The van der Waals surface area contributed by atoms with Crippen molar-refractivity contribution in [2.75, 3.05) is 0 Å². The normalized spacial score (nSPS) is 23.4. The van der Waals surface area contributed by atoms with Gasteiger partial charge in [-0.1, -0.05) is 42.1 Å². The molecule has 2 aliphatic rings. The third-order valence-electron chi connectivity index (χ3n) is 3.70. The summed E-state index contributed by atoms with van der Waals surface area (Å²) in [5.74, 6) is -1.26. The molecule has 1 aromatic rings. The van der Waals surface area contributed by atoms with Gasteiger partial charge in [0.15, 0.2) is 11.7 Å². The van der Waals surface area contributed by atoms with Crippen LogP contribution in [0.3, 0.4) is 0 Å². The van der Waals surface area contributed by atoms with Gasteiger partial charge >= 0.3 is 5.97 Å². The Morgan fingerprint density at radius 1 is 1.28 bits per heavy atom. The lowest BCUT2D eigenvalue weighted by Crippen LogP contribution is -2.61. The van der Waals surface area contributed by atoms with Crippen LogP contribution < -0.4 is 0 Å². The molecule has 0 aliphatic carbocycles. The molecule has 1 aromatic carbocycles. The van der Waals surface area contributed by atoms with Gasteiger partial charge in [-0.15, -0.1) is 0 Å². The van der Waals surface area contributed by atoms with E-state index in [-0.39, 0.29) is 22.7 Å². The summed E-state index contributed by atoms with van der Waals surface area (Å²) in [6.07, 6.45) is 0. The first-order chi connectivity index (χ1) is 11.7. The highest BCUT2D eigenvalue weighted by atomic mass is 32.2.